The molecule has 1 aliphatic carbocycles. The second kappa shape index (κ2) is 10.8. The van der Waals surface area contributed by atoms with Gasteiger partial charge >= 0.3 is 6.09 Å². The third-order valence-electron chi connectivity index (χ3n) is 3.35. The lowest BCUT2D eigenvalue weighted by atomic mass is 9.91. The van der Waals surface area contributed by atoms with E-state index in [-0.39, 0.29) is 5.92 Å². The highest BCUT2D eigenvalue weighted by Crippen LogP contribution is 2.25. The summed E-state index contributed by atoms with van der Waals surface area (Å²) in [4.78, 5) is 23.3. The van der Waals surface area contributed by atoms with Gasteiger partial charge < -0.3 is 15.8 Å². The van der Waals surface area contributed by atoms with E-state index >= 15 is 0 Å². The first-order valence-electron chi connectivity index (χ1n) is 7.90. The Hall–Kier alpha value is -0.910. The molecule has 22 heavy (non-hydrogen) atoms. The summed E-state index contributed by atoms with van der Waals surface area (Å²) < 4.78 is 5.18. The zero-order valence-corrected chi connectivity index (χ0v) is 15.4. The standard InChI is InChI=1S/C14H26N2O3.C2H6S/c1-14(2,3)19-13(18)16-11(12(15)17)10-8-6-4-5-7-9-10;1-3-2/h10-11H,4-9H2,1-3H3,(H2,15,17)(H,16,18);1-2H3. The Bertz CT molecular complexity index is 335. The van der Waals surface area contributed by atoms with Gasteiger partial charge in [-0.25, -0.2) is 4.79 Å². The minimum Gasteiger partial charge on any atom is -0.444 e. The van der Waals surface area contributed by atoms with Gasteiger partial charge in [0.05, 0.1) is 0 Å². The first kappa shape index (κ1) is 21.1. The van der Waals surface area contributed by atoms with E-state index in [0.29, 0.717) is 0 Å². The van der Waals surface area contributed by atoms with E-state index in [1.54, 1.807) is 32.5 Å². The fourth-order valence-corrected chi connectivity index (χ4v) is 2.50. The van der Waals surface area contributed by atoms with E-state index in [2.05, 4.69) is 5.32 Å². The van der Waals surface area contributed by atoms with Crippen molar-refractivity contribution in [2.45, 2.75) is 70.9 Å². The molecule has 0 spiro atoms. The number of nitrogens with two attached hydrogens (primary N) is 1. The molecular formula is C16H32N2O3S. The van der Waals surface area contributed by atoms with Crippen LogP contribution in [0.1, 0.15) is 59.3 Å². The zero-order valence-electron chi connectivity index (χ0n) is 14.6. The molecule has 0 aromatic heterocycles. The molecule has 130 valence electrons. The van der Waals surface area contributed by atoms with Gasteiger partial charge in [0.1, 0.15) is 11.6 Å². The normalized spacial score (nSPS) is 17.5. The van der Waals surface area contributed by atoms with E-state index in [1.807, 2.05) is 12.5 Å². The Labute approximate surface area is 139 Å². The molecule has 1 unspecified atom stereocenters. The summed E-state index contributed by atoms with van der Waals surface area (Å²) in [6.45, 7) is 5.37. The minimum atomic E-state index is -0.618. The Balaban J connectivity index is 0.00000135. The van der Waals surface area contributed by atoms with Crippen LogP contribution in [0.25, 0.3) is 0 Å². The number of nitrogens with one attached hydrogen (secondary N) is 1. The number of hydrogen-bond acceptors (Lipinski definition) is 4. The number of carbonyl (C=O) groups excluding carboxylic acids is 2. The van der Waals surface area contributed by atoms with Crippen molar-refractivity contribution in [1.82, 2.24) is 5.32 Å². The number of ether oxygens (including phenoxy) is 1. The van der Waals surface area contributed by atoms with Gasteiger partial charge in [-0.1, -0.05) is 25.7 Å². The lowest BCUT2D eigenvalue weighted by Crippen LogP contribution is -2.50. The average molecular weight is 333 g/mol. The lowest BCUT2D eigenvalue weighted by molar-refractivity contribution is -0.121. The molecule has 0 aromatic carbocycles. The summed E-state index contributed by atoms with van der Waals surface area (Å²) in [5.41, 5.74) is 4.85. The summed E-state index contributed by atoms with van der Waals surface area (Å²) in [6.07, 6.45) is 9.94. The smallest absolute Gasteiger partial charge is 0.408 e. The van der Waals surface area contributed by atoms with Crippen molar-refractivity contribution in [1.29, 1.82) is 0 Å². The Morgan fingerprint density at radius 3 is 1.95 bits per heavy atom. The molecule has 6 heteroatoms. The molecule has 0 bridgehead atoms. The van der Waals surface area contributed by atoms with Crippen molar-refractivity contribution in [3.63, 3.8) is 0 Å². The van der Waals surface area contributed by atoms with Crippen LogP contribution in [0, 0.1) is 5.92 Å². The number of alkyl carbamates (subject to hydrolysis) is 1. The maximum Gasteiger partial charge on any atom is 0.408 e. The van der Waals surface area contributed by atoms with Gasteiger partial charge in [-0.3, -0.25) is 4.79 Å². The van der Waals surface area contributed by atoms with Crippen LogP contribution in [-0.4, -0.2) is 36.2 Å². The molecule has 1 atom stereocenters. The maximum atomic E-state index is 11.8. The third-order valence-corrected chi connectivity index (χ3v) is 3.35. The fraction of sp³-hybridized carbons (Fsp3) is 0.875. The van der Waals surface area contributed by atoms with Crippen molar-refractivity contribution in [3.05, 3.63) is 0 Å². The molecule has 5 nitrogen and oxygen atoms in total. The lowest BCUT2D eigenvalue weighted by Gasteiger charge is -2.26. The van der Waals surface area contributed by atoms with Gasteiger partial charge in [0, 0.05) is 0 Å². The van der Waals surface area contributed by atoms with E-state index in [9.17, 15) is 9.59 Å². The second-order valence-corrected chi connectivity index (χ2v) is 7.50. The summed E-state index contributed by atoms with van der Waals surface area (Å²) >= 11 is 1.75. The molecule has 1 saturated carbocycles. The molecule has 3 N–H and O–H groups in total. The molecular weight excluding hydrogens is 300 g/mol. The molecule has 0 saturated heterocycles. The number of primary amides is 1. The second-order valence-electron chi connectivity index (χ2n) is 6.69. The van der Waals surface area contributed by atoms with Gasteiger partial charge in [-0.2, -0.15) is 11.8 Å². The quantitative estimate of drug-likeness (QED) is 0.777. The van der Waals surface area contributed by atoms with Crippen LogP contribution in [-0.2, 0) is 9.53 Å². The van der Waals surface area contributed by atoms with Crippen molar-refractivity contribution in [2.24, 2.45) is 11.7 Å². The number of rotatable bonds is 3. The van der Waals surface area contributed by atoms with Crippen molar-refractivity contribution in [2.75, 3.05) is 12.5 Å². The minimum absolute atomic E-state index is 0.132. The Morgan fingerprint density at radius 1 is 1.14 bits per heavy atom. The molecule has 0 aliphatic heterocycles. The highest BCUT2D eigenvalue weighted by atomic mass is 32.2. The molecule has 0 radical (unpaired) electrons. The van der Waals surface area contributed by atoms with Gasteiger partial charge in [0.2, 0.25) is 5.91 Å². The predicted molar refractivity (Wildman–Crippen MR) is 93.0 cm³/mol. The molecule has 2 amide bonds. The summed E-state index contributed by atoms with van der Waals surface area (Å²) in [5.74, 6) is -0.342. The van der Waals surface area contributed by atoms with Gasteiger partial charge in [-0.15, -0.1) is 0 Å². The van der Waals surface area contributed by atoms with Crippen molar-refractivity contribution < 1.29 is 14.3 Å². The van der Waals surface area contributed by atoms with Crippen LogP contribution in [0.2, 0.25) is 0 Å². The van der Waals surface area contributed by atoms with Crippen LogP contribution >= 0.6 is 11.8 Å². The van der Waals surface area contributed by atoms with Crippen LogP contribution in [0.3, 0.4) is 0 Å². The SMILES string of the molecule is CC(C)(C)OC(=O)NC(C(N)=O)C1CCCCCC1.CSC. The molecule has 1 fully saturated rings. The maximum absolute atomic E-state index is 11.8. The zero-order chi connectivity index (χ0) is 17.2. The van der Waals surface area contributed by atoms with E-state index in [1.165, 1.54) is 12.8 Å². The highest BCUT2D eigenvalue weighted by Gasteiger charge is 2.30. The van der Waals surface area contributed by atoms with Gasteiger partial charge in [0.25, 0.3) is 0 Å². The van der Waals surface area contributed by atoms with Crippen LogP contribution < -0.4 is 11.1 Å². The van der Waals surface area contributed by atoms with E-state index in [0.717, 1.165) is 25.7 Å². The molecule has 1 rings (SSSR count). The Kier molecular flexibility index (Phi) is 10.3. The summed E-state index contributed by atoms with van der Waals surface area (Å²) in [7, 11) is 0. The highest BCUT2D eigenvalue weighted by molar-refractivity contribution is 7.97. The van der Waals surface area contributed by atoms with Crippen LogP contribution in [0.15, 0.2) is 0 Å². The number of carbonyl (C=O) groups is 2. The van der Waals surface area contributed by atoms with E-state index < -0.39 is 23.6 Å². The number of hydrogen-bond donors (Lipinski definition) is 2. The van der Waals surface area contributed by atoms with Crippen molar-refractivity contribution >= 4 is 23.8 Å². The number of thioether (sulfide) groups is 1. The van der Waals surface area contributed by atoms with Gasteiger partial charge in [-0.05, 0) is 52.0 Å². The first-order valence-corrected chi connectivity index (χ1v) is 9.53. The summed E-state index contributed by atoms with van der Waals surface area (Å²) in [6, 6.07) is -0.618. The molecule has 1 aliphatic rings. The van der Waals surface area contributed by atoms with Crippen LogP contribution in [0.4, 0.5) is 4.79 Å². The third kappa shape index (κ3) is 9.92. The predicted octanol–water partition coefficient (Wildman–Crippen LogP) is 3.31. The van der Waals surface area contributed by atoms with E-state index in [4.69, 9.17) is 10.5 Å². The number of amides is 2. The molecule has 0 heterocycles. The largest absolute Gasteiger partial charge is 0.444 e. The van der Waals surface area contributed by atoms with Crippen molar-refractivity contribution in [3.8, 4) is 0 Å². The monoisotopic (exact) mass is 332 g/mol. The topological polar surface area (TPSA) is 81.4 Å². The Morgan fingerprint density at radius 2 is 1.59 bits per heavy atom. The first-order chi connectivity index (χ1) is 10.2. The van der Waals surface area contributed by atoms with Crippen LogP contribution in [0.5, 0.6) is 0 Å². The fourth-order valence-electron chi connectivity index (χ4n) is 2.50. The summed E-state index contributed by atoms with van der Waals surface area (Å²) in [5, 5.41) is 2.63. The average Bonchev–Trinajstić information content (AvgIpc) is 2.63. The van der Waals surface area contributed by atoms with Gasteiger partial charge in [0.15, 0.2) is 0 Å². The molecule has 0 aromatic rings.